The van der Waals surface area contributed by atoms with Crippen LogP contribution in [-0.4, -0.2) is 86.1 Å². The molecule has 0 aromatic rings. The molecule has 0 aromatic carbocycles. The van der Waals surface area contributed by atoms with Crippen molar-refractivity contribution in [3.05, 3.63) is 0 Å². The lowest BCUT2D eigenvalue weighted by molar-refractivity contribution is 0.0214. The summed E-state index contributed by atoms with van der Waals surface area (Å²) < 4.78 is 28.6. The Labute approximate surface area is 183 Å². The summed E-state index contributed by atoms with van der Waals surface area (Å²) in [5, 5.41) is 3.28. The van der Waals surface area contributed by atoms with Crippen molar-refractivity contribution in [2.45, 2.75) is 71.7 Å². The normalized spacial score (nSPS) is 17.1. The molecule has 0 aromatic heterocycles. The number of nitrogens with one attached hydrogen (secondary N) is 1. The largest absolute Gasteiger partial charge is 0.444 e. The van der Waals surface area contributed by atoms with Crippen LogP contribution in [0.3, 0.4) is 0 Å². The number of hydrogen-bond acceptors (Lipinski definition) is 5. The third-order valence-electron chi connectivity index (χ3n) is 5.37. The van der Waals surface area contributed by atoms with E-state index in [0.717, 1.165) is 38.4 Å². The van der Waals surface area contributed by atoms with Crippen LogP contribution in [0.5, 0.6) is 0 Å². The van der Waals surface area contributed by atoms with Crippen LogP contribution in [0.1, 0.15) is 61.3 Å². The molecule has 1 fully saturated rings. The van der Waals surface area contributed by atoms with Gasteiger partial charge in [0.1, 0.15) is 5.60 Å². The van der Waals surface area contributed by atoms with Crippen molar-refractivity contribution in [3.8, 4) is 0 Å². The molecule has 1 aliphatic rings. The first kappa shape index (κ1) is 26.5. The number of sulfone groups is 1. The SMILES string of the molecule is CCNC(=NCC(C)(C)S(C)(=O)=O)N1CCC(CN(CC)C(=O)OC(C)(C)C)CC1. The molecule has 9 heteroatoms. The van der Waals surface area contributed by atoms with Crippen LogP contribution in [0.2, 0.25) is 0 Å². The third-order valence-corrected chi connectivity index (χ3v) is 7.51. The van der Waals surface area contributed by atoms with Crippen LogP contribution in [-0.2, 0) is 14.6 Å². The van der Waals surface area contributed by atoms with E-state index in [4.69, 9.17) is 4.74 Å². The molecule has 1 N–H and O–H groups in total. The standard InChI is InChI=1S/C21H42N4O4S/c1-9-22-18(23-16-21(6,7)30(8,27)28)25-13-11-17(12-14-25)15-24(10-2)19(26)29-20(3,4)5/h17H,9-16H2,1-8H3,(H,22,23). The number of rotatable bonds is 7. The van der Waals surface area contributed by atoms with Gasteiger partial charge in [-0.05, 0) is 67.2 Å². The van der Waals surface area contributed by atoms with Crippen LogP contribution >= 0.6 is 0 Å². The summed E-state index contributed by atoms with van der Waals surface area (Å²) in [6.45, 7) is 16.9. The maximum Gasteiger partial charge on any atom is 0.410 e. The molecule has 176 valence electrons. The van der Waals surface area contributed by atoms with Gasteiger partial charge in [0, 0.05) is 39.0 Å². The molecule has 1 amide bonds. The molecule has 1 rings (SSSR count). The maximum atomic E-state index is 12.4. The summed E-state index contributed by atoms with van der Waals surface area (Å²) in [5.74, 6) is 1.16. The Morgan fingerprint density at radius 1 is 1.17 bits per heavy atom. The smallest absolute Gasteiger partial charge is 0.410 e. The fourth-order valence-electron chi connectivity index (χ4n) is 3.11. The minimum atomic E-state index is -3.19. The number of piperidine rings is 1. The van der Waals surface area contributed by atoms with E-state index in [-0.39, 0.29) is 12.6 Å². The van der Waals surface area contributed by atoms with Crippen LogP contribution in [0.25, 0.3) is 0 Å². The van der Waals surface area contributed by atoms with Gasteiger partial charge in [-0.1, -0.05) is 0 Å². The van der Waals surface area contributed by atoms with Gasteiger partial charge in [-0.15, -0.1) is 0 Å². The first-order valence-electron chi connectivity index (χ1n) is 10.9. The Bertz CT molecular complexity index is 690. The number of carbonyl (C=O) groups is 1. The highest BCUT2D eigenvalue weighted by atomic mass is 32.2. The fourth-order valence-corrected chi connectivity index (χ4v) is 3.41. The average molecular weight is 447 g/mol. The number of likely N-dealkylation sites (tertiary alicyclic amines) is 1. The number of hydrogen-bond donors (Lipinski definition) is 1. The summed E-state index contributed by atoms with van der Waals surface area (Å²) >= 11 is 0. The van der Waals surface area contributed by atoms with Gasteiger partial charge in [-0.25, -0.2) is 13.2 Å². The first-order valence-corrected chi connectivity index (χ1v) is 12.8. The van der Waals surface area contributed by atoms with Crippen LogP contribution < -0.4 is 5.32 Å². The molecule has 0 atom stereocenters. The number of ether oxygens (including phenoxy) is 1. The molecule has 0 spiro atoms. The Hall–Kier alpha value is -1.51. The van der Waals surface area contributed by atoms with Gasteiger partial charge in [-0.2, -0.15) is 0 Å². The van der Waals surface area contributed by atoms with Gasteiger partial charge < -0.3 is 19.9 Å². The highest BCUT2D eigenvalue weighted by Gasteiger charge is 2.31. The predicted molar refractivity (Wildman–Crippen MR) is 123 cm³/mol. The molecule has 1 heterocycles. The summed E-state index contributed by atoms with van der Waals surface area (Å²) in [7, 11) is -3.19. The molecule has 8 nitrogen and oxygen atoms in total. The predicted octanol–water partition coefficient (Wildman–Crippen LogP) is 2.74. The molecule has 0 radical (unpaired) electrons. The Morgan fingerprint density at radius 3 is 2.17 bits per heavy atom. The Morgan fingerprint density at radius 2 is 1.73 bits per heavy atom. The van der Waals surface area contributed by atoms with Gasteiger partial charge in [0.2, 0.25) is 0 Å². The second kappa shape index (κ2) is 10.7. The molecule has 0 unspecified atom stereocenters. The molecule has 0 saturated carbocycles. The maximum absolute atomic E-state index is 12.4. The second-order valence-corrected chi connectivity index (χ2v) is 12.3. The molecular weight excluding hydrogens is 404 g/mol. The molecule has 0 bridgehead atoms. The van der Waals surface area contributed by atoms with E-state index in [1.165, 1.54) is 6.26 Å². The fraction of sp³-hybridized carbons (Fsp3) is 0.905. The minimum Gasteiger partial charge on any atom is -0.444 e. The zero-order chi connectivity index (χ0) is 23.2. The quantitative estimate of drug-likeness (QED) is 0.478. The number of guanidine groups is 1. The lowest BCUT2D eigenvalue weighted by atomic mass is 9.96. The topological polar surface area (TPSA) is 91.3 Å². The Balaban J connectivity index is 2.71. The molecule has 1 saturated heterocycles. The molecule has 30 heavy (non-hydrogen) atoms. The van der Waals surface area contributed by atoms with Crippen molar-refractivity contribution < 1.29 is 17.9 Å². The van der Waals surface area contributed by atoms with E-state index in [9.17, 15) is 13.2 Å². The Kier molecular flexibility index (Phi) is 9.45. The highest BCUT2D eigenvalue weighted by Crippen LogP contribution is 2.21. The monoisotopic (exact) mass is 446 g/mol. The van der Waals surface area contributed by atoms with Crippen LogP contribution in [0.4, 0.5) is 4.79 Å². The van der Waals surface area contributed by atoms with Crippen molar-refractivity contribution in [1.29, 1.82) is 0 Å². The van der Waals surface area contributed by atoms with E-state index < -0.39 is 20.2 Å². The van der Waals surface area contributed by atoms with Crippen molar-refractivity contribution >= 4 is 21.9 Å². The summed E-state index contributed by atoms with van der Waals surface area (Å²) in [5.41, 5.74) is -0.495. The van der Waals surface area contributed by atoms with Gasteiger partial charge in [0.05, 0.1) is 11.3 Å². The lowest BCUT2D eigenvalue weighted by Crippen LogP contribution is -2.48. The van der Waals surface area contributed by atoms with Crippen molar-refractivity contribution in [2.24, 2.45) is 10.9 Å². The number of amides is 1. The van der Waals surface area contributed by atoms with Crippen molar-refractivity contribution in [1.82, 2.24) is 15.1 Å². The van der Waals surface area contributed by atoms with E-state index in [2.05, 4.69) is 15.2 Å². The van der Waals surface area contributed by atoms with Gasteiger partial charge in [-0.3, -0.25) is 4.99 Å². The van der Waals surface area contributed by atoms with Gasteiger partial charge >= 0.3 is 6.09 Å². The minimum absolute atomic E-state index is 0.219. The molecule has 0 aliphatic carbocycles. The van der Waals surface area contributed by atoms with E-state index >= 15 is 0 Å². The van der Waals surface area contributed by atoms with Gasteiger partial charge in [0.25, 0.3) is 0 Å². The van der Waals surface area contributed by atoms with Crippen molar-refractivity contribution in [3.63, 3.8) is 0 Å². The zero-order valence-corrected chi connectivity index (χ0v) is 20.9. The highest BCUT2D eigenvalue weighted by molar-refractivity contribution is 7.92. The summed E-state index contributed by atoms with van der Waals surface area (Å²) in [6.07, 6.45) is 2.88. The summed E-state index contributed by atoms with van der Waals surface area (Å²) in [4.78, 5) is 21.0. The lowest BCUT2D eigenvalue weighted by Gasteiger charge is -2.37. The van der Waals surface area contributed by atoms with E-state index in [1.54, 1.807) is 18.7 Å². The first-order chi connectivity index (χ1) is 13.7. The molecule has 1 aliphatic heterocycles. The second-order valence-electron chi connectivity index (χ2n) is 9.65. The summed E-state index contributed by atoms with van der Waals surface area (Å²) in [6, 6.07) is 0. The third kappa shape index (κ3) is 8.32. The zero-order valence-electron chi connectivity index (χ0n) is 20.1. The van der Waals surface area contributed by atoms with Crippen LogP contribution in [0, 0.1) is 5.92 Å². The van der Waals surface area contributed by atoms with Gasteiger partial charge in [0.15, 0.2) is 15.8 Å². The van der Waals surface area contributed by atoms with Crippen LogP contribution in [0.15, 0.2) is 4.99 Å². The number of carbonyl (C=O) groups excluding carboxylic acids is 1. The van der Waals surface area contributed by atoms with E-state index in [0.29, 0.717) is 19.0 Å². The van der Waals surface area contributed by atoms with E-state index in [1.807, 2.05) is 34.6 Å². The average Bonchev–Trinajstić information content (AvgIpc) is 2.61. The van der Waals surface area contributed by atoms with Crippen molar-refractivity contribution in [2.75, 3.05) is 45.5 Å². The number of aliphatic imine (C=N–C) groups is 1. The molecular formula is C21H42N4O4S. The number of nitrogens with zero attached hydrogens (tertiary/aromatic N) is 3.